The molecule has 8 nitrogen and oxygen atoms in total. The number of rotatable bonds is 5. The fourth-order valence-corrected chi connectivity index (χ4v) is 6.34. The largest absolute Gasteiger partial charge is 0.373 e. The zero-order valence-corrected chi connectivity index (χ0v) is 18.0. The van der Waals surface area contributed by atoms with E-state index in [0.29, 0.717) is 5.56 Å². The first-order chi connectivity index (χ1) is 13.6. The van der Waals surface area contributed by atoms with Gasteiger partial charge in [0.1, 0.15) is 9.21 Å². The number of carbonyl (C=O) groups is 2. The lowest BCUT2D eigenvalue weighted by Gasteiger charge is -2.34. The molecule has 29 heavy (non-hydrogen) atoms. The topological polar surface area (TPSA) is 119 Å². The van der Waals surface area contributed by atoms with Crippen molar-refractivity contribution in [2.75, 3.05) is 18.4 Å². The van der Waals surface area contributed by atoms with Crippen molar-refractivity contribution in [2.45, 2.75) is 37.2 Å². The highest BCUT2D eigenvalue weighted by molar-refractivity contribution is 7.91. The van der Waals surface area contributed by atoms with Crippen LogP contribution in [0.1, 0.15) is 40.1 Å². The predicted octanol–water partition coefficient (Wildman–Crippen LogP) is 2.21. The summed E-state index contributed by atoms with van der Waals surface area (Å²) in [6, 6.07) is 8.19. The van der Waals surface area contributed by atoms with E-state index in [4.69, 9.17) is 10.5 Å². The fourth-order valence-electron chi connectivity index (χ4n) is 3.22. The number of aryl methyl sites for hydroxylation is 1. The number of hydrogen-bond donors (Lipinski definition) is 2. The number of benzene rings is 1. The smallest absolute Gasteiger partial charge is 0.256 e. The number of nitrogens with zero attached hydrogens (tertiary/aromatic N) is 1. The lowest BCUT2D eigenvalue weighted by molar-refractivity contribution is -0.0440. The van der Waals surface area contributed by atoms with Crippen molar-refractivity contribution < 1.29 is 22.7 Å². The number of carbonyl (C=O) groups excluding carboxylic acids is 2. The molecule has 1 saturated heterocycles. The molecular weight excluding hydrogens is 414 g/mol. The van der Waals surface area contributed by atoms with Gasteiger partial charge >= 0.3 is 0 Å². The molecule has 2 heterocycles. The van der Waals surface area contributed by atoms with Gasteiger partial charge in [-0.3, -0.25) is 9.59 Å². The van der Waals surface area contributed by atoms with E-state index in [2.05, 4.69) is 5.32 Å². The van der Waals surface area contributed by atoms with Gasteiger partial charge in [-0.25, -0.2) is 8.42 Å². The SMILES string of the molecule is Cc1ccccc1C(=O)Nc1sc(S(=O)(=O)N2CC(C)OC(C)C2)cc1C(N)=O. The van der Waals surface area contributed by atoms with E-state index in [1.54, 1.807) is 45.0 Å². The first-order valence-electron chi connectivity index (χ1n) is 9.05. The number of primary amides is 1. The highest BCUT2D eigenvalue weighted by Gasteiger charge is 2.34. The molecule has 2 unspecified atom stereocenters. The van der Waals surface area contributed by atoms with E-state index >= 15 is 0 Å². The van der Waals surface area contributed by atoms with E-state index < -0.39 is 21.8 Å². The second kappa shape index (κ2) is 8.23. The van der Waals surface area contributed by atoms with Crippen LogP contribution >= 0.6 is 11.3 Å². The van der Waals surface area contributed by atoms with Crippen molar-refractivity contribution >= 4 is 38.2 Å². The number of hydrogen-bond acceptors (Lipinski definition) is 6. The Morgan fingerprint density at radius 3 is 2.38 bits per heavy atom. The molecule has 1 aliphatic rings. The van der Waals surface area contributed by atoms with Crippen molar-refractivity contribution in [2.24, 2.45) is 5.73 Å². The van der Waals surface area contributed by atoms with E-state index in [9.17, 15) is 18.0 Å². The highest BCUT2D eigenvalue weighted by Crippen LogP contribution is 2.34. The normalized spacial score (nSPS) is 20.4. The molecule has 0 radical (unpaired) electrons. The van der Waals surface area contributed by atoms with Crippen molar-refractivity contribution in [3.05, 3.63) is 47.0 Å². The molecular formula is C19H23N3O5S2. The summed E-state index contributed by atoms with van der Waals surface area (Å²) in [5, 5.41) is 2.74. The van der Waals surface area contributed by atoms with Gasteiger partial charge in [-0.15, -0.1) is 11.3 Å². The van der Waals surface area contributed by atoms with E-state index in [0.717, 1.165) is 16.9 Å². The summed E-state index contributed by atoms with van der Waals surface area (Å²) in [6.45, 7) is 5.81. The summed E-state index contributed by atoms with van der Waals surface area (Å²) in [5.74, 6) is -1.25. The Kier molecular flexibility index (Phi) is 6.08. The van der Waals surface area contributed by atoms with Crippen LogP contribution in [0, 0.1) is 6.92 Å². The van der Waals surface area contributed by atoms with E-state index in [-0.39, 0.29) is 40.1 Å². The number of anilines is 1. The van der Waals surface area contributed by atoms with Crippen molar-refractivity contribution in [1.29, 1.82) is 0 Å². The van der Waals surface area contributed by atoms with Gasteiger partial charge < -0.3 is 15.8 Å². The van der Waals surface area contributed by atoms with Crippen molar-refractivity contribution in [3.63, 3.8) is 0 Å². The second-order valence-electron chi connectivity index (χ2n) is 7.02. The van der Waals surface area contributed by atoms with E-state index in [1.165, 1.54) is 10.4 Å². The molecule has 2 atom stereocenters. The summed E-state index contributed by atoms with van der Waals surface area (Å²) < 4.78 is 33.1. The highest BCUT2D eigenvalue weighted by atomic mass is 32.2. The first kappa shape index (κ1) is 21.4. The number of ether oxygens (including phenoxy) is 1. The minimum atomic E-state index is -3.86. The van der Waals surface area contributed by atoms with Gasteiger partial charge in [0.2, 0.25) is 0 Å². The molecule has 3 N–H and O–H groups in total. The average molecular weight is 438 g/mol. The molecule has 0 spiro atoms. The average Bonchev–Trinajstić information content (AvgIpc) is 3.06. The number of nitrogens with two attached hydrogens (primary N) is 1. The van der Waals surface area contributed by atoms with Crippen LogP contribution in [0.3, 0.4) is 0 Å². The fraction of sp³-hybridized carbons (Fsp3) is 0.368. The van der Waals surface area contributed by atoms with Crippen LogP contribution < -0.4 is 11.1 Å². The summed E-state index contributed by atoms with van der Waals surface area (Å²) in [4.78, 5) is 24.5. The third-order valence-electron chi connectivity index (χ3n) is 4.57. The Morgan fingerprint density at radius 1 is 1.17 bits per heavy atom. The van der Waals surface area contributed by atoms with Crippen LogP contribution in [0.4, 0.5) is 5.00 Å². The molecule has 0 aliphatic carbocycles. The third kappa shape index (κ3) is 4.50. The summed E-state index contributed by atoms with van der Waals surface area (Å²) in [6.07, 6.45) is -0.492. The third-order valence-corrected chi connectivity index (χ3v) is 7.90. The lowest BCUT2D eigenvalue weighted by atomic mass is 10.1. The number of nitrogens with one attached hydrogen (secondary N) is 1. The van der Waals surface area contributed by atoms with Crippen LogP contribution in [-0.2, 0) is 14.8 Å². The maximum Gasteiger partial charge on any atom is 0.256 e. The number of thiophene rings is 1. The Hall–Kier alpha value is -2.27. The minimum absolute atomic E-state index is 0.0372. The lowest BCUT2D eigenvalue weighted by Crippen LogP contribution is -2.47. The summed E-state index contributed by atoms with van der Waals surface area (Å²) >= 11 is 0.817. The van der Waals surface area contributed by atoms with Gasteiger partial charge in [-0.2, -0.15) is 4.31 Å². The van der Waals surface area contributed by atoms with Crippen LogP contribution in [0.2, 0.25) is 0 Å². The molecule has 3 rings (SSSR count). The Bertz CT molecular complexity index is 1040. The Balaban J connectivity index is 1.93. The van der Waals surface area contributed by atoms with Gasteiger partial charge in [0.25, 0.3) is 21.8 Å². The van der Waals surface area contributed by atoms with Gasteiger partial charge in [0, 0.05) is 18.7 Å². The van der Waals surface area contributed by atoms with Crippen molar-refractivity contribution in [3.8, 4) is 0 Å². The van der Waals surface area contributed by atoms with Gasteiger partial charge in [-0.1, -0.05) is 18.2 Å². The molecule has 2 aromatic rings. The zero-order valence-electron chi connectivity index (χ0n) is 16.3. The first-order valence-corrected chi connectivity index (χ1v) is 11.3. The molecule has 1 fully saturated rings. The zero-order chi connectivity index (χ0) is 21.3. The maximum atomic E-state index is 13.1. The Labute approximate surface area is 173 Å². The molecule has 1 aliphatic heterocycles. The van der Waals surface area contributed by atoms with Crippen LogP contribution in [0.15, 0.2) is 34.5 Å². The monoisotopic (exact) mass is 437 g/mol. The molecule has 2 amide bonds. The second-order valence-corrected chi connectivity index (χ2v) is 10.2. The summed E-state index contributed by atoms with van der Waals surface area (Å²) in [7, 11) is -3.86. The standard InChI is InChI=1S/C19H23N3O5S2/c1-11-6-4-5-7-14(11)18(24)21-19-15(17(20)23)8-16(28-19)29(25,26)22-9-12(2)27-13(3)10-22/h4-8,12-13H,9-10H2,1-3H3,(H2,20,23)(H,21,24). The minimum Gasteiger partial charge on any atom is -0.373 e. The van der Waals surface area contributed by atoms with Crippen LogP contribution in [0.25, 0.3) is 0 Å². The number of morpholine rings is 1. The predicted molar refractivity (Wildman–Crippen MR) is 111 cm³/mol. The maximum absolute atomic E-state index is 13.1. The molecule has 0 saturated carbocycles. The molecule has 156 valence electrons. The number of sulfonamides is 1. The molecule has 10 heteroatoms. The van der Waals surface area contributed by atoms with Crippen LogP contribution in [0.5, 0.6) is 0 Å². The molecule has 1 aromatic heterocycles. The molecule has 1 aromatic carbocycles. The van der Waals surface area contributed by atoms with Gasteiger partial charge in [-0.05, 0) is 38.5 Å². The quantitative estimate of drug-likeness (QED) is 0.743. The van der Waals surface area contributed by atoms with E-state index in [1.807, 2.05) is 0 Å². The molecule has 0 bridgehead atoms. The van der Waals surface area contributed by atoms with Gasteiger partial charge in [0.15, 0.2) is 0 Å². The summed E-state index contributed by atoms with van der Waals surface area (Å²) in [5.41, 5.74) is 6.57. The number of amides is 2. The van der Waals surface area contributed by atoms with Crippen LogP contribution in [-0.4, -0.2) is 49.8 Å². The Morgan fingerprint density at radius 2 is 1.79 bits per heavy atom. The van der Waals surface area contributed by atoms with Crippen molar-refractivity contribution in [1.82, 2.24) is 4.31 Å². The van der Waals surface area contributed by atoms with Gasteiger partial charge in [0.05, 0.1) is 17.8 Å².